The molecule has 0 aromatic carbocycles. The van der Waals surface area contributed by atoms with Crippen molar-refractivity contribution >= 4 is 31.5 Å². The molecule has 1 aromatic rings. The van der Waals surface area contributed by atoms with E-state index >= 15 is 0 Å². The molecule has 6 heteroatoms. The summed E-state index contributed by atoms with van der Waals surface area (Å²) >= 11 is 12.9. The molecule has 1 aliphatic rings. The van der Waals surface area contributed by atoms with Gasteiger partial charge >= 0.3 is 0 Å². The molecule has 142 valence electrons. The highest BCUT2D eigenvalue weighted by molar-refractivity contribution is 6.73. The second-order valence-electron chi connectivity index (χ2n) is 7.53. The van der Waals surface area contributed by atoms with E-state index in [4.69, 9.17) is 27.6 Å². The van der Waals surface area contributed by atoms with Gasteiger partial charge in [0.05, 0.1) is 16.1 Å². The number of aromatic nitrogens is 1. The first-order valence-corrected chi connectivity index (χ1v) is 12.9. The molecule has 1 N–H and O–H groups in total. The summed E-state index contributed by atoms with van der Waals surface area (Å²) < 4.78 is 6.79. The van der Waals surface area contributed by atoms with Gasteiger partial charge in [-0.3, -0.25) is 4.98 Å². The molecule has 3 atom stereocenters. The van der Waals surface area contributed by atoms with E-state index in [1.54, 1.807) is 12.4 Å². The lowest BCUT2D eigenvalue weighted by Crippen LogP contribution is -2.40. The van der Waals surface area contributed by atoms with E-state index in [2.05, 4.69) is 44.9 Å². The molecule has 0 saturated heterocycles. The highest BCUT2D eigenvalue weighted by atomic mass is 35.5. The lowest BCUT2D eigenvalue weighted by molar-refractivity contribution is 0.184. The van der Waals surface area contributed by atoms with Crippen LogP contribution in [0.2, 0.25) is 28.2 Å². The van der Waals surface area contributed by atoms with Crippen LogP contribution < -0.4 is 5.32 Å². The molecule has 1 saturated carbocycles. The Hall–Kier alpha value is -0.133. The van der Waals surface area contributed by atoms with Gasteiger partial charge in [0.2, 0.25) is 0 Å². The summed E-state index contributed by atoms with van der Waals surface area (Å²) in [4.78, 5) is 4.10. The molecular weight excluding hydrogens is 371 g/mol. The Kier molecular flexibility index (Phi) is 7.78. The molecule has 0 bridgehead atoms. The Morgan fingerprint density at radius 1 is 1.16 bits per heavy atom. The maximum Gasteiger partial charge on any atom is 0.192 e. The second-order valence-corrected chi connectivity index (χ2v) is 13.1. The van der Waals surface area contributed by atoms with Crippen molar-refractivity contribution in [1.29, 1.82) is 0 Å². The van der Waals surface area contributed by atoms with Crippen molar-refractivity contribution in [1.82, 2.24) is 10.3 Å². The van der Waals surface area contributed by atoms with E-state index in [1.165, 1.54) is 6.42 Å². The Labute approximate surface area is 164 Å². The van der Waals surface area contributed by atoms with Crippen molar-refractivity contribution in [3.8, 4) is 0 Å². The minimum atomic E-state index is -1.78. The Morgan fingerprint density at radius 2 is 1.72 bits per heavy atom. The van der Waals surface area contributed by atoms with E-state index in [-0.39, 0.29) is 6.10 Å². The van der Waals surface area contributed by atoms with Crippen LogP contribution in [0.5, 0.6) is 0 Å². The highest BCUT2D eigenvalue weighted by Gasteiger charge is 2.40. The van der Waals surface area contributed by atoms with Gasteiger partial charge in [-0.25, -0.2) is 0 Å². The van der Waals surface area contributed by atoms with Crippen molar-refractivity contribution in [2.45, 2.75) is 71.3 Å². The fourth-order valence-corrected chi connectivity index (χ4v) is 7.09. The predicted octanol–water partition coefficient (Wildman–Crippen LogP) is 6.09. The molecule has 25 heavy (non-hydrogen) atoms. The Balaban J connectivity index is 2.19. The summed E-state index contributed by atoms with van der Waals surface area (Å²) in [5, 5.41) is 4.89. The van der Waals surface area contributed by atoms with Crippen LogP contribution in [0.15, 0.2) is 12.4 Å². The molecule has 1 aromatic heterocycles. The summed E-state index contributed by atoms with van der Waals surface area (Å²) in [6.07, 6.45) is 4.48. The first kappa shape index (κ1) is 21.2. The quantitative estimate of drug-likeness (QED) is 0.480. The van der Waals surface area contributed by atoms with Crippen LogP contribution in [0.1, 0.15) is 52.7 Å². The molecular formula is C19H32Cl2N2OSi. The van der Waals surface area contributed by atoms with Crippen molar-refractivity contribution in [2.24, 2.45) is 11.8 Å². The first-order valence-electron chi connectivity index (χ1n) is 9.57. The molecule has 1 unspecified atom stereocenters. The van der Waals surface area contributed by atoms with Gasteiger partial charge in [-0.15, -0.1) is 0 Å². The molecule has 0 aliphatic heterocycles. The van der Waals surface area contributed by atoms with Crippen LogP contribution in [-0.4, -0.2) is 25.9 Å². The standard InChI is InChI=1S/C19H32Cl2N2OSi/c1-6-25(7-2,8-3)24-18(12-23-17-9-14(17)13(4)5)19-15(20)10-22-11-16(19)21/h10-11,13-14,17-18,23H,6-9,12H2,1-5H3/t14-,17-,18?/m0/s1. The second kappa shape index (κ2) is 9.18. The van der Waals surface area contributed by atoms with E-state index in [0.717, 1.165) is 42.1 Å². The van der Waals surface area contributed by atoms with Crippen molar-refractivity contribution in [3.05, 3.63) is 28.0 Å². The van der Waals surface area contributed by atoms with Crippen molar-refractivity contribution in [2.75, 3.05) is 6.54 Å². The summed E-state index contributed by atoms with van der Waals surface area (Å²) in [5.41, 5.74) is 0.889. The Bertz CT molecular complexity index is 538. The number of halogens is 2. The van der Waals surface area contributed by atoms with E-state index in [0.29, 0.717) is 16.1 Å². The lowest BCUT2D eigenvalue weighted by atomic mass is 10.1. The molecule has 3 nitrogen and oxygen atoms in total. The van der Waals surface area contributed by atoms with Crippen molar-refractivity contribution < 1.29 is 4.43 Å². The van der Waals surface area contributed by atoms with E-state index in [1.807, 2.05) is 0 Å². The summed E-state index contributed by atoms with van der Waals surface area (Å²) in [6, 6.07) is 3.91. The summed E-state index contributed by atoms with van der Waals surface area (Å²) in [5.74, 6) is 1.50. The average molecular weight is 403 g/mol. The van der Waals surface area contributed by atoms with Crippen LogP contribution >= 0.6 is 23.2 Å². The van der Waals surface area contributed by atoms with Crippen LogP contribution in [0.25, 0.3) is 0 Å². The van der Waals surface area contributed by atoms with E-state index in [9.17, 15) is 0 Å². The average Bonchev–Trinajstić information content (AvgIpc) is 3.37. The number of pyridine rings is 1. The van der Waals surface area contributed by atoms with Gasteiger partial charge in [0.1, 0.15) is 0 Å². The van der Waals surface area contributed by atoms with E-state index < -0.39 is 8.32 Å². The van der Waals surface area contributed by atoms with Gasteiger partial charge < -0.3 is 9.74 Å². The monoisotopic (exact) mass is 402 g/mol. The van der Waals surface area contributed by atoms with Gasteiger partial charge in [-0.1, -0.05) is 57.8 Å². The topological polar surface area (TPSA) is 34.1 Å². The van der Waals surface area contributed by atoms with Crippen LogP contribution in [0.4, 0.5) is 0 Å². The zero-order valence-corrected chi connectivity index (χ0v) is 18.6. The molecule has 1 heterocycles. The number of nitrogens with one attached hydrogen (secondary N) is 1. The fraction of sp³-hybridized carbons (Fsp3) is 0.737. The molecule has 0 amide bonds. The largest absolute Gasteiger partial charge is 0.409 e. The maximum absolute atomic E-state index is 6.79. The highest BCUT2D eigenvalue weighted by Crippen LogP contribution is 2.39. The summed E-state index contributed by atoms with van der Waals surface area (Å²) in [6.45, 7) is 12.1. The normalized spacial score (nSPS) is 21.6. The minimum Gasteiger partial charge on any atom is -0.409 e. The van der Waals surface area contributed by atoms with Crippen LogP contribution in [0.3, 0.4) is 0 Å². The van der Waals surface area contributed by atoms with Gasteiger partial charge in [0.15, 0.2) is 8.32 Å². The van der Waals surface area contributed by atoms with Gasteiger partial charge in [0, 0.05) is 30.5 Å². The third-order valence-electron chi connectivity index (χ3n) is 5.80. The smallest absolute Gasteiger partial charge is 0.192 e. The zero-order valence-electron chi connectivity index (χ0n) is 16.1. The van der Waals surface area contributed by atoms with Crippen LogP contribution in [-0.2, 0) is 4.43 Å². The minimum absolute atomic E-state index is 0.108. The first-order chi connectivity index (χ1) is 11.9. The number of nitrogens with zero attached hydrogens (tertiary/aromatic N) is 1. The molecule has 1 aliphatic carbocycles. The summed E-state index contributed by atoms with van der Waals surface area (Å²) in [7, 11) is -1.78. The number of hydrogen-bond donors (Lipinski definition) is 1. The zero-order chi connectivity index (χ0) is 18.6. The lowest BCUT2D eigenvalue weighted by Gasteiger charge is -2.34. The number of rotatable bonds is 10. The number of hydrogen-bond acceptors (Lipinski definition) is 3. The van der Waals surface area contributed by atoms with Gasteiger partial charge in [0.25, 0.3) is 0 Å². The van der Waals surface area contributed by atoms with Gasteiger partial charge in [-0.05, 0) is 36.4 Å². The third kappa shape index (κ3) is 5.20. The van der Waals surface area contributed by atoms with Gasteiger partial charge in [-0.2, -0.15) is 0 Å². The third-order valence-corrected chi connectivity index (χ3v) is 11.1. The van der Waals surface area contributed by atoms with Crippen molar-refractivity contribution in [3.63, 3.8) is 0 Å². The SMILES string of the molecule is CC[Si](CC)(CC)OC(CN[C@H]1C[C@H]1C(C)C)c1c(Cl)cncc1Cl. The fourth-order valence-electron chi connectivity index (χ4n) is 3.68. The molecule has 0 radical (unpaired) electrons. The Morgan fingerprint density at radius 3 is 2.16 bits per heavy atom. The maximum atomic E-state index is 6.79. The molecule has 1 fully saturated rings. The predicted molar refractivity (Wildman–Crippen MR) is 110 cm³/mol. The molecule has 0 spiro atoms. The molecule has 2 rings (SSSR count). The van der Waals surface area contributed by atoms with Crippen LogP contribution in [0, 0.1) is 11.8 Å².